The van der Waals surface area contributed by atoms with Crippen molar-refractivity contribution in [3.8, 4) is 0 Å². The molecule has 0 aromatic carbocycles. The van der Waals surface area contributed by atoms with Crippen molar-refractivity contribution in [1.29, 1.82) is 0 Å². The van der Waals surface area contributed by atoms with Crippen molar-refractivity contribution in [3.05, 3.63) is 12.2 Å². The Morgan fingerprint density at radius 1 is 1.19 bits per heavy atom. The van der Waals surface area contributed by atoms with Crippen LogP contribution in [0.2, 0.25) is 0 Å². The van der Waals surface area contributed by atoms with Crippen LogP contribution in [0.25, 0.3) is 11.2 Å². The van der Waals surface area contributed by atoms with Gasteiger partial charge in [0, 0.05) is 5.92 Å². The fourth-order valence-electron chi connectivity index (χ4n) is 3.00. The number of anilines is 1. The molecule has 4 rings (SSSR count). The third kappa shape index (κ3) is 1.08. The zero-order valence-corrected chi connectivity index (χ0v) is 8.85. The minimum atomic E-state index is 0.493. The molecule has 5 heteroatoms. The van der Waals surface area contributed by atoms with Crippen LogP contribution in [0.15, 0.2) is 6.33 Å². The third-order valence-corrected chi connectivity index (χ3v) is 3.97. The quantitative estimate of drug-likeness (QED) is 0.754. The Morgan fingerprint density at radius 3 is 2.75 bits per heavy atom. The van der Waals surface area contributed by atoms with Crippen LogP contribution in [0.4, 0.5) is 5.82 Å². The Morgan fingerprint density at radius 2 is 2.00 bits per heavy atom. The molecule has 2 unspecified atom stereocenters. The SMILES string of the molecule is Nc1ncnc2nc(C3CC4CC4C3)[nH]c12. The summed E-state index contributed by atoms with van der Waals surface area (Å²) in [6, 6.07) is 0. The molecule has 82 valence electrons. The zero-order chi connectivity index (χ0) is 10.7. The topological polar surface area (TPSA) is 80.5 Å². The highest BCUT2D eigenvalue weighted by atomic mass is 15.1. The lowest BCUT2D eigenvalue weighted by atomic mass is 10.0. The minimum absolute atomic E-state index is 0.493. The van der Waals surface area contributed by atoms with Crippen LogP contribution in [0.3, 0.4) is 0 Å². The maximum atomic E-state index is 5.78. The summed E-state index contributed by atoms with van der Waals surface area (Å²) >= 11 is 0. The average Bonchev–Trinajstić information content (AvgIpc) is 2.77. The van der Waals surface area contributed by atoms with Gasteiger partial charge in [-0.05, 0) is 31.1 Å². The number of hydrogen-bond acceptors (Lipinski definition) is 4. The van der Waals surface area contributed by atoms with Crippen LogP contribution in [-0.2, 0) is 0 Å². The largest absolute Gasteiger partial charge is 0.382 e. The van der Waals surface area contributed by atoms with E-state index in [1.807, 2.05) is 0 Å². The lowest BCUT2D eigenvalue weighted by Gasteiger charge is -2.06. The number of aromatic amines is 1. The molecule has 0 bridgehead atoms. The van der Waals surface area contributed by atoms with Crippen molar-refractivity contribution in [1.82, 2.24) is 19.9 Å². The van der Waals surface area contributed by atoms with Crippen molar-refractivity contribution < 1.29 is 0 Å². The summed E-state index contributed by atoms with van der Waals surface area (Å²) in [5, 5.41) is 0. The molecule has 2 aromatic heterocycles. The normalized spacial score (nSPS) is 31.9. The number of hydrogen-bond donors (Lipinski definition) is 2. The van der Waals surface area contributed by atoms with E-state index in [1.54, 1.807) is 0 Å². The highest BCUT2D eigenvalue weighted by Gasteiger charge is 2.47. The number of aromatic nitrogens is 4. The summed E-state index contributed by atoms with van der Waals surface area (Å²) in [6.07, 6.45) is 5.45. The molecule has 2 aromatic rings. The van der Waals surface area contributed by atoms with Gasteiger partial charge in [0.15, 0.2) is 11.5 Å². The Balaban J connectivity index is 1.78. The number of nitrogens with two attached hydrogens (primary N) is 1. The van der Waals surface area contributed by atoms with E-state index < -0.39 is 0 Å². The monoisotopic (exact) mass is 215 g/mol. The second kappa shape index (κ2) is 2.72. The fourth-order valence-corrected chi connectivity index (χ4v) is 3.00. The number of imidazole rings is 1. The van der Waals surface area contributed by atoms with Crippen LogP contribution in [0, 0.1) is 11.8 Å². The third-order valence-electron chi connectivity index (χ3n) is 3.97. The summed E-state index contributed by atoms with van der Waals surface area (Å²) in [6.45, 7) is 0. The number of nitrogen functional groups attached to an aromatic ring is 1. The first-order valence-corrected chi connectivity index (χ1v) is 5.77. The van der Waals surface area contributed by atoms with E-state index in [1.165, 1.54) is 25.6 Å². The van der Waals surface area contributed by atoms with Gasteiger partial charge in [0.25, 0.3) is 0 Å². The van der Waals surface area contributed by atoms with Gasteiger partial charge in [-0.2, -0.15) is 0 Å². The van der Waals surface area contributed by atoms with Crippen molar-refractivity contribution in [3.63, 3.8) is 0 Å². The summed E-state index contributed by atoms with van der Waals surface area (Å²) in [4.78, 5) is 15.9. The molecule has 0 aliphatic heterocycles. The van der Waals surface area contributed by atoms with Gasteiger partial charge in [-0.25, -0.2) is 15.0 Å². The molecule has 0 saturated heterocycles. The summed E-state index contributed by atoms with van der Waals surface area (Å²) in [7, 11) is 0. The first-order valence-electron chi connectivity index (χ1n) is 5.77. The van der Waals surface area contributed by atoms with Gasteiger partial charge in [0.05, 0.1) is 0 Å². The van der Waals surface area contributed by atoms with Crippen LogP contribution < -0.4 is 5.73 Å². The number of fused-ring (bicyclic) bond motifs is 2. The molecule has 16 heavy (non-hydrogen) atoms. The van der Waals surface area contributed by atoms with Crippen molar-refractivity contribution in [2.24, 2.45) is 11.8 Å². The van der Waals surface area contributed by atoms with E-state index in [2.05, 4.69) is 19.9 Å². The molecule has 0 amide bonds. The Hall–Kier alpha value is -1.65. The average molecular weight is 215 g/mol. The van der Waals surface area contributed by atoms with Crippen LogP contribution >= 0.6 is 0 Å². The fraction of sp³-hybridized carbons (Fsp3) is 0.545. The van der Waals surface area contributed by atoms with Gasteiger partial charge in [0.2, 0.25) is 0 Å². The van der Waals surface area contributed by atoms with Crippen molar-refractivity contribution in [2.75, 3.05) is 5.73 Å². The standard InChI is InChI=1S/C11H13N5/c12-9-8-11(14-4-13-9)16-10(15-8)7-2-5-1-6(5)3-7/h4-7H,1-3H2,(H3,12,13,14,15,16). The molecule has 2 heterocycles. The van der Waals surface area contributed by atoms with Gasteiger partial charge in [0.1, 0.15) is 17.7 Å². The lowest BCUT2D eigenvalue weighted by molar-refractivity contribution is 0.597. The highest BCUT2D eigenvalue weighted by molar-refractivity contribution is 5.81. The van der Waals surface area contributed by atoms with E-state index >= 15 is 0 Å². The van der Waals surface area contributed by atoms with E-state index in [0.29, 0.717) is 17.4 Å². The maximum Gasteiger partial charge on any atom is 0.183 e. The molecule has 2 saturated carbocycles. The smallest absolute Gasteiger partial charge is 0.183 e. The van der Waals surface area contributed by atoms with Crippen molar-refractivity contribution >= 4 is 17.0 Å². The molecule has 2 atom stereocenters. The molecule has 2 fully saturated rings. The number of rotatable bonds is 1. The molecule has 0 spiro atoms. The molecule has 5 nitrogen and oxygen atoms in total. The van der Waals surface area contributed by atoms with Crippen LogP contribution in [0.1, 0.15) is 31.0 Å². The molecule has 0 radical (unpaired) electrons. The molecule has 2 aliphatic carbocycles. The molecule has 3 N–H and O–H groups in total. The van der Waals surface area contributed by atoms with Crippen LogP contribution in [-0.4, -0.2) is 19.9 Å². The highest BCUT2D eigenvalue weighted by Crippen LogP contribution is 2.57. The van der Waals surface area contributed by atoms with Gasteiger partial charge in [-0.1, -0.05) is 0 Å². The molecular weight excluding hydrogens is 202 g/mol. The summed E-state index contributed by atoms with van der Waals surface area (Å²) in [5.41, 5.74) is 7.27. The lowest BCUT2D eigenvalue weighted by Crippen LogP contribution is -1.98. The maximum absolute atomic E-state index is 5.78. The van der Waals surface area contributed by atoms with Crippen LogP contribution in [0.5, 0.6) is 0 Å². The molecular formula is C11H13N5. The summed E-state index contributed by atoms with van der Waals surface area (Å²) in [5.74, 6) is 4.04. The number of nitrogens with zero attached hydrogens (tertiary/aromatic N) is 3. The number of H-pyrrole nitrogens is 1. The predicted octanol–water partition coefficient (Wildman–Crippen LogP) is 1.45. The van der Waals surface area contributed by atoms with Gasteiger partial charge in [-0.3, -0.25) is 0 Å². The Bertz CT molecular complexity index is 551. The Kier molecular flexibility index (Phi) is 1.45. The number of nitrogens with one attached hydrogen (secondary N) is 1. The first kappa shape index (κ1) is 8.50. The van der Waals surface area contributed by atoms with Gasteiger partial charge < -0.3 is 10.7 Å². The second-order valence-corrected chi connectivity index (χ2v) is 5.00. The Labute approximate surface area is 92.5 Å². The van der Waals surface area contributed by atoms with Crippen molar-refractivity contribution in [2.45, 2.75) is 25.2 Å². The first-order chi connectivity index (χ1) is 7.81. The minimum Gasteiger partial charge on any atom is -0.382 e. The predicted molar refractivity (Wildman–Crippen MR) is 59.7 cm³/mol. The van der Waals surface area contributed by atoms with Gasteiger partial charge >= 0.3 is 0 Å². The van der Waals surface area contributed by atoms with Gasteiger partial charge in [-0.15, -0.1) is 0 Å². The summed E-state index contributed by atoms with van der Waals surface area (Å²) < 4.78 is 0. The van der Waals surface area contributed by atoms with E-state index in [0.717, 1.165) is 23.2 Å². The molecule has 2 aliphatic rings. The van der Waals surface area contributed by atoms with E-state index in [9.17, 15) is 0 Å². The second-order valence-electron chi connectivity index (χ2n) is 5.00. The van der Waals surface area contributed by atoms with E-state index in [4.69, 9.17) is 5.73 Å². The van der Waals surface area contributed by atoms with E-state index in [-0.39, 0.29) is 0 Å². The zero-order valence-electron chi connectivity index (χ0n) is 8.85.